The van der Waals surface area contributed by atoms with Gasteiger partial charge in [-0.3, -0.25) is 29.3 Å². The highest BCUT2D eigenvalue weighted by Gasteiger charge is 2.53. The quantitative estimate of drug-likeness (QED) is 0.0879. The smallest absolute Gasteiger partial charge is 0.303 e. The number of hydrogen-bond donors (Lipinski definition) is 0. The molecule has 5 atom stereocenters. The third-order valence-electron chi connectivity index (χ3n) is 6.20. The van der Waals surface area contributed by atoms with Gasteiger partial charge in [0.1, 0.15) is 12.7 Å². The molecule has 3 rings (SSSR count). The Morgan fingerprint density at radius 2 is 1.49 bits per heavy atom. The van der Waals surface area contributed by atoms with Gasteiger partial charge in [-0.25, -0.2) is 0 Å². The third kappa shape index (κ3) is 9.25. The fourth-order valence-electron chi connectivity index (χ4n) is 4.38. The van der Waals surface area contributed by atoms with Gasteiger partial charge in [-0.1, -0.05) is 0 Å². The number of benzene rings is 2. The molecule has 0 aromatic heterocycles. The fraction of sp³-hybridized carbons (Fsp3) is 0.367. The normalized spacial score (nSPS) is 21.0. The van der Waals surface area contributed by atoms with Gasteiger partial charge >= 0.3 is 23.9 Å². The SMILES string of the molecule is COc1cc(/C(C#N)=C/c2ccc([N+](=O)[O-])cc2)ccc1OC1OC(COC(C)=O)C(OC(C)=O)C(OC(C)=O)C1OC(C)=O. The Morgan fingerprint density at radius 3 is 2.02 bits per heavy atom. The highest BCUT2D eigenvalue weighted by molar-refractivity contribution is 5.90. The minimum Gasteiger partial charge on any atom is -0.493 e. The topological polar surface area (TPSA) is 200 Å². The summed E-state index contributed by atoms with van der Waals surface area (Å²) in [6.45, 7) is 4.02. The lowest BCUT2D eigenvalue weighted by Crippen LogP contribution is -2.63. The Bertz CT molecular complexity index is 1510. The summed E-state index contributed by atoms with van der Waals surface area (Å²) in [7, 11) is 1.34. The van der Waals surface area contributed by atoms with Gasteiger partial charge in [-0.2, -0.15) is 5.26 Å². The van der Waals surface area contributed by atoms with Gasteiger partial charge in [0, 0.05) is 39.8 Å². The molecule has 1 aliphatic rings. The lowest BCUT2D eigenvalue weighted by molar-refractivity contribution is -0.384. The highest BCUT2D eigenvalue weighted by atomic mass is 16.7. The van der Waals surface area contributed by atoms with E-state index in [0.29, 0.717) is 11.1 Å². The first kappa shape index (κ1) is 34.0. The molecule has 0 bridgehead atoms. The molecule has 1 saturated heterocycles. The van der Waals surface area contributed by atoms with Gasteiger partial charge in [0.25, 0.3) is 5.69 Å². The van der Waals surface area contributed by atoms with Crippen molar-refractivity contribution in [2.75, 3.05) is 13.7 Å². The number of carbonyl (C=O) groups excluding carboxylic acids is 4. The van der Waals surface area contributed by atoms with E-state index in [1.54, 1.807) is 0 Å². The molecule has 1 heterocycles. The van der Waals surface area contributed by atoms with Crippen molar-refractivity contribution >= 4 is 41.2 Å². The summed E-state index contributed by atoms with van der Waals surface area (Å²) in [5.74, 6) is -2.88. The molecule has 1 aliphatic heterocycles. The van der Waals surface area contributed by atoms with E-state index in [4.69, 9.17) is 33.2 Å². The highest BCUT2D eigenvalue weighted by Crippen LogP contribution is 2.36. The Kier molecular flexibility index (Phi) is 11.6. The van der Waals surface area contributed by atoms with Crippen LogP contribution in [-0.2, 0) is 42.9 Å². The monoisotopic (exact) mass is 626 g/mol. The summed E-state index contributed by atoms with van der Waals surface area (Å²) in [6.07, 6.45) is -5.46. The van der Waals surface area contributed by atoms with Crippen LogP contribution in [0.1, 0.15) is 38.8 Å². The molecule has 0 amide bonds. The second-order valence-electron chi connectivity index (χ2n) is 9.57. The minimum absolute atomic E-state index is 0.0507. The van der Waals surface area contributed by atoms with E-state index in [9.17, 15) is 34.6 Å². The Hall–Kier alpha value is -5.49. The van der Waals surface area contributed by atoms with Crippen LogP contribution in [0.25, 0.3) is 11.6 Å². The second-order valence-corrected chi connectivity index (χ2v) is 9.57. The number of methoxy groups -OCH3 is 1. The number of rotatable bonds is 11. The van der Waals surface area contributed by atoms with Crippen molar-refractivity contribution in [2.24, 2.45) is 0 Å². The van der Waals surface area contributed by atoms with Crippen LogP contribution < -0.4 is 9.47 Å². The number of nitro benzene ring substituents is 1. The number of nitriles is 1. The first-order valence-electron chi connectivity index (χ1n) is 13.3. The molecule has 2 aromatic rings. The summed E-state index contributed by atoms with van der Waals surface area (Å²) >= 11 is 0. The van der Waals surface area contributed by atoms with Gasteiger partial charge in [-0.05, 0) is 47.5 Å². The maximum Gasteiger partial charge on any atom is 0.303 e. The van der Waals surface area contributed by atoms with Crippen molar-refractivity contribution in [3.05, 3.63) is 63.7 Å². The van der Waals surface area contributed by atoms with Crippen molar-refractivity contribution in [3.8, 4) is 17.6 Å². The molecule has 45 heavy (non-hydrogen) atoms. The average molecular weight is 627 g/mol. The van der Waals surface area contributed by atoms with E-state index < -0.39 is 66.1 Å². The lowest BCUT2D eigenvalue weighted by Gasteiger charge is -2.44. The van der Waals surface area contributed by atoms with Crippen molar-refractivity contribution in [2.45, 2.75) is 58.4 Å². The molecule has 15 nitrogen and oxygen atoms in total. The molecule has 0 N–H and O–H groups in total. The van der Waals surface area contributed by atoms with Gasteiger partial charge in [0.2, 0.25) is 12.4 Å². The first-order valence-corrected chi connectivity index (χ1v) is 13.3. The van der Waals surface area contributed by atoms with Gasteiger partial charge < -0.3 is 33.2 Å². The number of hydrogen-bond acceptors (Lipinski definition) is 14. The van der Waals surface area contributed by atoms with E-state index >= 15 is 0 Å². The van der Waals surface area contributed by atoms with Crippen molar-refractivity contribution < 1.29 is 57.3 Å². The third-order valence-corrected chi connectivity index (χ3v) is 6.20. The predicted octanol–water partition coefficient (Wildman–Crippen LogP) is 3.13. The molecule has 0 radical (unpaired) electrons. The number of esters is 4. The van der Waals surface area contributed by atoms with Gasteiger partial charge in [-0.15, -0.1) is 0 Å². The van der Waals surface area contributed by atoms with E-state index in [1.165, 1.54) is 55.7 Å². The number of carbonyl (C=O) groups is 4. The summed E-state index contributed by atoms with van der Waals surface area (Å²) < 4.78 is 38.8. The summed E-state index contributed by atoms with van der Waals surface area (Å²) in [6, 6.07) is 12.2. The number of allylic oxidation sites excluding steroid dienone is 1. The molecule has 0 spiro atoms. The van der Waals surface area contributed by atoms with Crippen LogP contribution in [0, 0.1) is 21.4 Å². The molecule has 5 unspecified atom stereocenters. The van der Waals surface area contributed by atoms with Crippen molar-refractivity contribution in [1.82, 2.24) is 0 Å². The maximum atomic E-state index is 12.1. The largest absolute Gasteiger partial charge is 0.493 e. The van der Waals surface area contributed by atoms with Crippen LogP contribution in [0.3, 0.4) is 0 Å². The molecule has 0 saturated carbocycles. The first-order chi connectivity index (χ1) is 21.3. The number of nitrogens with zero attached hydrogens (tertiary/aromatic N) is 2. The van der Waals surface area contributed by atoms with Crippen LogP contribution in [-0.4, -0.2) is 73.2 Å². The summed E-state index contributed by atoms with van der Waals surface area (Å²) in [5.41, 5.74) is 1.03. The average Bonchev–Trinajstić information content (AvgIpc) is 2.97. The zero-order valence-electron chi connectivity index (χ0n) is 24.9. The zero-order chi connectivity index (χ0) is 33.3. The van der Waals surface area contributed by atoms with Gasteiger partial charge in [0.05, 0.1) is 23.7 Å². The number of ether oxygens (including phenoxy) is 7. The molecular weight excluding hydrogens is 596 g/mol. The van der Waals surface area contributed by atoms with Crippen LogP contribution in [0.2, 0.25) is 0 Å². The Balaban J connectivity index is 2.01. The molecule has 238 valence electrons. The Labute approximate surface area is 257 Å². The van der Waals surface area contributed by atoms with E-state index in [0.717, 1.165) is 27.7 Å². The van der Waals surface area contributed by atoms with Crippen molar-refractivity contribution in [1.29, 1.82) is 5.26 Å². The van der Waals surface area contributed by atoms with Crippen molar-refractivity contribution in [3.63, 3.8) is 0 Å². The minimum atomic E-state index is -1.50. The molecular formula is C30H30N2O13. The second kappa shape index (κ2) is 15.3. The molecule has 0 aliphatic carbocycles. The molecule has 15 heteroatoms. The standard InChI is InChI=1S/C30H30N2O13/c1-16(33)40-15-26-27(41-17(2)34)28(42-18(3)35)29(43-19(4)36)30(45-26)44-24-11-8-21(13-25(24)39-5)22(14-31)12-20-6-9-23(10-7-20)32(37)38/h6-13,26-30H,15H2,1-5H3/b22-12+. The van der Waals surface area contributed by atoms with E-state index in [2.05, 4.69) is 6.07 Å². The number of non-ortho nitro benzene ring substituents is 1. The van der Waals surface area contributed by atoms with Crippen LogP contribution in [0.4, 0.5) is 5.69 Å². The summed E-state index contributed by atoms with van der Waals surface area (Å²) in [4.78, 5) is 58.1. The number of nitro groups is 1. The Morgan fingerprint density at radius 1 is 0.889 bits per heavy atom. The summed E-state index contributed by atoms with van der Waals surface area (Å²) in [5, 5.41) is 20.8. The lowest BCUT2D eigenvalue weighted by atomic mass is 9.98. The molecule has 1 fully saturated rings. The molecule has 2 aromatic carbocycles. The van der Waals surface area contributed by atoms with Crippen LogP contribution in [0.5, 0.6) is 11.5 Å². The van der Waals surface area contributed by atoms with E-state index in [1.807, 2.05) is 0 Å². The van der Waals surface area contributed by atoms with Crippen LogP contribution in [0.15, 0.2) is 42.5 Å². The zero-order valence-corrected chi connectivity index (χ0v) is 24.9. The predicted molar refractivity (Wildman–Crippen MR) is 152 cm³/mol. The van der Waals surface area contributed by atoms with Crippen LogP contribution >= 0.6 is 0 Å². The fourth-order valence-corrected chi connectivity index (χ4v) is 4.38. The van der Waals surface area contributed by atoms with E-state index in [-0.39, 0.29) is 22.8 Å². The van der Waals surface area contributed by atoms with Gasteiger partial charge in [0.15, 0.2) is 23.7 Å². The maximum absolute atomic E-state index is 12.1.